The Balaban J connectivity index is 1.60. The summed E-state index contributed by atoms with van der Waals surface area (Å²) in [7, 11) is 1.71. The Morgan fingerprint density at radius 3 is 2.55 bits per heavy atom. The maximum Gasteiger partial charge on any atom is 0.276 e. The summed E-state index contributed by atoms with van der Waals surface area (Å²) in [6, 6.07) is 8.05. The normalized spacial score (nSPS) is 19.8. The molecule has 2 aliphatic heterocycles. The molecule has 2 aliphatic rings. The summed E-state index contributed by atoms with van der Waals surface area (Å²) < 4.78 is 7.05. The number of aryl methyl sites for hydroxylation is 1. The second-order valence-electron chi connectivity index (χ2n) is 11.2. The first-order valence-corrected chi connectivity index (χ1v) is 14.2. The molecule has 9 nitrogen and oxygen atoms in total. The molecule has 1 aromatic carbocycles. The zero-order valence-electron chi connectivity index (χ0n) is 23.5. The van der Waals surface area contributed by atoms with E-state index in [4.69, 9.17) is 4.74 Å². The van der Waals surface area contributed by atoms with Gasteiger partial charge >= 0.3 is 0 Å². The van der Waals surface area contributed by atoms with Crippen LogP contribution in [0.2, 0.25) is 0 Å². The number of methoxy groups -OCH3 is 1. The molecule has 0 aliphatic carbocycles. The van der Waals surface area contributed by atoms with E-state index in [1.54, 1.807) is 7.11 Å². The predicted octanol–water partition coefficient (Wildman–Crippen LogP) is 3.24. The number of nitrogens with zero attached hydrogens (tertiary/aromatic N) is 5. The van der Waals surface area contributed by atoms with Crippen LogP contribution in [0.5, 0.6) is 0 Å². The number of carbonyl (C=O) groups is 2. The molecule has 0 radical (unpaired) electrons. The van der Waals surface area contributed by atoms with Crippen molar-refractivity contribution in [1.29, 1.82) is 0 Å². The van der Waals surface area contributed by atoms with Crippen LogP contribution in [0.3, 0.4) is 0 Å². The quantitative estimate of drug-likeness (QED) is 0.454. The number of rotatable bonds is 11. The Bertz CT molecular complexity index is 1060. The molecule has 208 valence electrons. The number of nitrogens with one attached hydrogen (secondary N) is 1. The number of hydrogen-bond donors (Lipinski definition) is 1. The first-order chi connectivity index (χ1) is 18.4. The Kier molecular flexibility index (Phi) is 9.91. The van der Waals surface area contributed by atoms with E-state index in [9.17, 15) is 9.59 Å². The maximum absolute atomic E-state index is 14.2. The largest absolute Gasteiger partial charge is 0.385 e. The lowest BCUT2D eigenvalue weighted by atomic mass is 9.92. The van der Waals surface area contributed by atoms with E-state index in [0.29, 0.717) is 44.8 Å². The Labute approximate surface area is 226 Å². The smallest absolute Gasteiger partial charge is 0.276 e. The van der Waals surface area contributed by atoms with Crippen molar-refractivity contribution in [3.05, 3.63) is 41.2 Å². The second-order valence-corrected chi connectivity index (χ2v) is 11.2. The summed E-state index contributed by atoms with van der Waals surface area (Å²) >= 11 is 0. The molecule has 2 saturated heterocycles. The third-order valence-corrected chi connectivity index (χ3v) is 7.61. The van der Waals surface area contributed by atoms with Crippen LogP contribution in [0.4, 0.5) is 0 Å². The van der Waals surface area contributed by atoms with E-state index in [0.717, 1.165) is 55.7 Å². The lowest BCUT2D eigenvalue weighted by Gasteiger charge is -2.39. The highest BCUT2D eigenvalue weighted by molar-refractivity contribution is 5.94. The minimum atomic E-state index is -0.105. The Morgan fingerprint density at radius 1 is 1.13 bits per heavy atom. The molecule has 9 heteroatoms. The van der Waals surface area contributed by atoms with Crippen molar-refractivity contribution in [1.82, 2.24) is 30.1 Å². The highest BCUT2D eigenvalue weighted by atomic mass is 16.5. The minimum Gasteiger partial charge on any atom is -0.385 e. The average Bonchev–Trinajstić information content (AvgIpc) is 3.60. The summed E-state index contributed by atoms with van der Waals surface area (Å²) in [5.41, 5.74) is 3.31. The van der Waals surface area contributed by atoms with Crippen molar-refractivity contribution >= 4 is 11.8 Å². The van der Waals surface area contributed by atoms with E-state index < -0.39 is 0 Å². The minimum absolute atomic E-state index is 0.0685. The topological polar surface area (TPSA) is 92.6 Å². The molecule has 0 spiro atoms. The Hall–Kier alpha value is -2.78. The molecule has 2 aromatic rings. The van der Waals surface area contributed by atoms with Crippen LogP contribution < -0.4 is 5.32 Å². The summed E-state index contributed by atoms with van der Waals surface area (Å²) in [6.07, 6.45) is 5.28. The van der Waals surface area contributed by atoms with Gasteiger partial charge in [-0.2, -0.15) is 0 Å². The summed E-state index contributed by atoms with van der Waals surface area (Å²) in [5.74, 6) is 0.303. The van der Waals surface area contributed by atoms with Gasteiger partial charge in [0.25, 0.3) is 5.91 Å². The van der Waals surface area contributed by atoms with Gasteiger partial charge in [0, 0.05) is 52.5 Å². The zero-order valence-corrected chi connectivity index (χ0v) is 23.5. The van der Waals surface area contributed by atoms with Crippen LogP contribution in [-0.2, 0) is 16.0 Å². The van der Waals surface area contributed by atoms with Gasteiger partial charge in [0.2, 0.25) is 5.91 Å². The first kappa shape index (κ1) is 28.2. The molecule has 1 aromatic heterocycles. The van der Waals surface area contributed by atoms with E-state index in [2.05, 4.69) is 36.4 Å². The van der Waals surface area contributed by atoms with Gasteiger partial charge in [0.15, 0.2) is 5.69 Å². The SMILES string of the molecule is COCCCCc1c(C(=O)N(CC(C)C)[C@@H]2CNC[C@H](C(=O)N3CCCC3)C2)nnn1-c1ccc(C)cc1. The molecular weight excluding hydrogens is 480 g/mol. The molecule has 2 atom stereocenters. The Morgan fingerprint density at radius 2 is 1.87 bits per heavy atom. The third kappa shape index (κ3) is 6.80. The maximum atomic E-state index is 14.2. The van der Waals surface area contributed by atoms with Crippen molar-refractivity contribution in [2.45, 2.75) is 65.3 Å². The molecule has 0 bridgehead atoms. The summed E-state index contributed by atoms with van der Waals surface area (Å²) in [6.45, 7) is 10.6. The van der Waals surface area contributed by atoms with Gasteiger partial charge in [-0.15, -0.1) is 5.10 Å². The van der Waals surface area contributed by atoms with Crippen LogP contribution in [0.1, 0.15) is 67.7 Å². The molecule has 2 amide bonds. The number of amides is 2. The number of aromatic nitrogens is 3. The van der Waals surface area contributed by atoms with Crippen LogP contribution >= 0.6 is 0 Å². The molecule has 38 heavy (non-hydrogen) atoms. The lowest BCUT2D eigenvalue weighted by molar-refractivity contribution is -0.135. The van der Waals surface area contributed by atoms with Gasteiger partial charge in [-0.3, -0.25) is 9.59 Å². The summed E-state index contributed by atoms with van der Waals surface area (Å²) in [5, 5.41) is 12.4. The number of carbonyl (C=O) groups excluding carboxylic acids is 2. The van der Waals surface area contributed by atoms with Crippen molar-refractivity contribution in [2.75, 3.05) is 46.4 Å². The molecule has 0 saturated carbocycles. The molecule has 0 unspecified atom stereocenters. The van der Waals surface area contributed by atoms with Crippen molar-refractivity contribution in [2.24, 2.45) is 11.8 Å². The standard InChI is InChI=1S/C29H44N6O3/c1-21(2)20-34(25-17-23(18-30-19-25)28(36)33-14-6-7-15-33)29(37)27-26(9-5-8-16-38-4)35(32-31-27)24-12-10-22(3)11-13-24/h10-13,21,23,25,30H,5-9,14-20H2,1-4H3/t23-,25+/m1/s1. The van der Waals surface area contributed by atoms with Crippen LogP contribution in [0.15, 0.2) is 24.3 Å². The third-order valence-electron chi connectivity index (χ3n) is 7.61. The van der Waals surface area contributed by atoms with Crippen molar-refractivity contribution in [3.8, 4) is 5.69 Å². The van der Waals surface area contributed by atoms with Gasteiger partial charge < -0.3 is 19.9 Å². The fourth-order valence-electron chi connectivity index (χ4n) is 5.59. The second kappa shape index (κ2) is 13.3. The van der Waals surface area contributed by atoms with E-state index in [1.807, 2.05) is 38.7 Å². The molecule has 4 rings (SSSR count). The van der Waals surface area contributed by atoms with E-state index in [-0.39, 0.29) is 29.7 Å². The highest BCUT2D eigenvalue weighted by Crippen LogP contribution is 2.25. The lowest BCUT2D eigenvalue weighted by Crippen LogP contribution is -2.55. The van der Waals surface area contributed by atoms with Gasteiger partial charge in [0.1, 0.15) is 0 Å². The highest BCUT2D eigenvalue weighted by Gasteiger charge is 2.37. The molecular formula is C29H44N6O3. The number of hydrogen-bond acceptors (Lipinski definition) is 6. The van der Waals surface area contributed by atoms with Gasteiger partial charge in [0.05, 0.1) is 17.3 Å². The zero-order chi connectivity index (χ0) is 27.1. The average molecular weight is 525 g/mol. The monoisotopic (exact) mass is 524 g/mol. The molecule has 3 heterocycles. The molecule has 2 fully saturated rings. The van der Waals surface area contributed by atoms with Crippen LogP contribution in [-0.4, -0.2) is 89.1 Å². The summed E-state index contributed by atoms with van der Waals surface area (Å²) in [4.78, 5) is 31.3. The molecule has 1 N–H and O–H groups in total. The van der Waals surface area contributed by atoms with Gasteiger partial charge in [-0.25, -0.2) is 4.68 Å². The van der Waals surface area contributed by atoms with Gasteiger partial charge in [-0.05, 0) is 63.5 Å². The number of piperidine rings is 1. The van der Waals surface area contributed by atoms with Crippen molar-refractivity contribution in [3.63, 3.8) is 0 Å². The predicted molar refractivity (Wildman–Crippen MR) is 147 cm³/mol. The van der Waals surface area contributed by atoms with Crippen LogP contribution in [0, 0.1) is 18.8 Å². The van der Waals surface area contributed by atoms with Crippen LogP contribution in [0.25, 0.3) is 5.69 Å². The van der Waals surface area contributed by atoms with Crippen molar-refractivity contribution < 1.29 is 14.3 Å². The fourth-order valence-corrected chi connectivity index (χ4v) is 5.59. The first-order valence-electron chi connectivity index (χ1n) is 14.2. The van der Waals surface area contributed by atoms with Gasteiger partial charge in [-0.1, -0.05) is 36.8 Å². The fraction of sp³-hybridized carbons (Fsp3) is 0.655. The number of benzene rings is 1. The number of likely N-dealkylation sites (tertiary alicyclic amines) is 1. The number of unbranched alkanes of at least 4 members (excludes halogenated alkanes) is 1. The van der Waals surface area contributed by atoms with E-state index >= 15 is 0 Å². The number of ether oxygens (including phenoxy) is 1. The van der Waals surface area contributed by atoms with E-state index in [1.165, 1.54) is 0 Å².